The van der Waals surface area contributed by atoms with Crippen LogP contribution in [0.2, 0.25) is 0 Å². The fourth-order valence-electron chi connectivity index (χ4n) is 1.57. The molecule has 0 aliphatic carbocycles. The Morgan fingerprint density at radius 2 is 2.17 bits per heavy atom. The van der Waals surface area contributed by atoms with Gasteiger partial charge in [0.15, 0.2) is 5.69 Å². The largest absolute Gasteiger partial charge is 0.476 e. The number of likely N-dealkylation sites (N-methyl/N-ethyl adjacent to an activating group) is 1. The van der Waals surface area contributed by atoms with Crippen molar-refractivity contribution >= 4 is 23.6 Å². The van der Waals surface area contributed by atoms with Gasteiger partial charge in [0.05, 0.1) is 6.42 Å². The van der Waals surface area contributed by atoms with E-state index in [-0.39, 0.29) is 29.7 Å². The van der Waals surface area contributed by atoms with E-state index in [2.05, 4.69) is 15.5 Å². The zero-order chi connectivity index (χ0) is 13.3. The van der Waals surface area contributed by atoms with Gasteiger partial charge in [0.1, 0.15) is 11.9 Å². The van der Waals surface area contributed by atoms with E-state index >= 15 is 0 Å². The third-order valence-electron chi connectivity index (χ3n) is 2.59. The van der Waals surface area contributed by atoms with Gasteiger partial charge >= 0.3 is 5.97 Å². The molecule has 1 fully saturated rings. The average molecular weight is 250 g/mol. The van der Waals surface area contributed by atoms with Crippen LogP contribution < -0.4 is 5.32 Å². The van der Waals surface area contributed by atoms with Crippen molar-refractivity contribution in [1.82, 2.24) is 15.1 Å². The number of carboxylic acid groups (broad SMARTS) is 1. The number of likely N-dealkylation sites (tertiary alicyclic amines) is 1. The van der Waals surface area contributed by atoms with Crippen molar-refractivity contribution in [3.8, 4) is 0 Å². The van der Waals surface area contributed by atoms with E-state index in [1.54, 1.807) is 0 Å². The SMILES string of the molecule is CN1C(=O)CC(Nc2ccc(C(=O)O)nn2)C1=O. The lowest BCUT2D eigenvalue weighted by Gasteiger charge is -2.10. The molecule has 1 aromatic heterocycles. The maximum atomic E-state index is 11.6. The van der Waals surface area contributed by atoms with Crippen LogP contribution in [0.5, 0.6) is 0 Å². The summed E-state index contributed by atoms with van der Waals surface area (Å²) in [4.78, 5) is 34.5. The Bertz CT molecular complexity index is 513. The third kappa shape index (κ3) is 2.12. The second-order valence-electron chi connectivity index (χ2n) is 3.80. The van der Waals surface area contributed by atoms with Gasteiger partial charge in [0.25, 0.3) is 5.91 Å². The van der Waals surface area contributed by atoms with Gasteiger partial charge in [-0.3, -0.25) is 14.5 Å². The Morgan fingerprint density at radius 3 is 2.61 bits per heavy atom. The van der Waals surface area contributed by atoms with Crippen LogP contribution in [0.25, 0.3) is 0 Å². The lowest BCUT2D eigenvalue weighted by Crippen LogP contribution is -2.32. The first-order chi connectivity index (χ1) is 8.49. The molecule has 8 heteroatoms. The highest BCUT2D eigenvalue weighted by Gasteiger charge is 2.36. The number of aromatic carboxylic acids is 1. The van der Waals surface area contributed by atoms with Crippen molar-refractivity contribution in [1.29, 1.82) is 0 Å². The number of nitrogens with zero attached hydrogens (tertiary/aromatic N) is 3. The van der Waals surface area contributed by atoms with Gasteiger partial charge in [0, 0.05) is 7.05 Å². The molecule has 0 spiro atoms. The second-order valence-corrected chi connectivity index (χ2v) is 3.80. The van der Waals surface area contributed by atoms with Crippen LogP contribution in [0.1, 0.15) is 16.9 Å². The molecular formula is C10H10N4O4. The van der Waals surface area contributed by atoms with Gasteiger partial charge in [-0.2, -0.15) is 0 Å². The summed E-state index contributed by atoms with van der Waals surface area (Å²) in [6.45, 7) is 0. The van der Waals surface area contributed by atoms with E-state index in [1.165, 1.54) is 19.2 Å². The van der Waals surface area contributed by atoms with Crippen molar-refractivity contribution in [3.63, 3.8) is 0 Å². The van der Waals surface area contributed by atoms with E-state index in [1.807, 2.05) is 0 Å². The molecule has 2 heterocycles. The molecule has 2 rings (SSSR count). The number of hydrogen-bond acceptors (Lipinski definition) is 6. The molecule has 2 N–H and O–H groups in total. The zero-order valence-electron chi connectivity index (χ0n) is 9.45. The zero-order valence-corrected chi connectivity index (χ0v) is 9.45. The first kappa shape index (κ1) is 12.0. The summed E-state index contributed by atoms with van der Waals surface area (Å²) < 4.78 is 0. The lowest BCUT2D eigenvalue weighted by molar-refractivity contribution is -0.136. The summed E-state index contributed by atoms with van der Waals surface area (Å²) in [5.74, 6) is -1.54. The van der Waals surface area contributed by atoms with Gasteiger partial charge < -0.3 is 10.4 Å². The van der Waals surface area contributed by atoms with Crippen molar-refractivity contribution in [2.24, 2.45) is 0 Å². The maximum absolute atomic E-state index is 11.6. The van der Waals surface area contributed by atoms with Crippen LogP contribution in [0.15, 0.2) is 12.1 Å². The maximum Gasteiger partial charge on any atom is 0.356 e. The predicted molar refractivity (Wildman–Crippen MR) is 58.8 cm³/mol. The monoisotopic (exact) mass is 250 g/mol. The quantitative estimate of drug-likeness (QED) is 0.685. The molecule has 0 aromatic carbocycles. The summed E-state index contributed by atoms with van der Waals surface area (Å²) in [7, 11) is 1.41. The topological polar surface area (TPSA) is 112 Å². The van der Waals surface area contributed by atoms with Crippen molar-refractivity contribution in [2.75, 3.05) is 12.4 Å². The molecule has 1 aromatic rings. The number of imide groups is 1. The van der Waals surface area contributed by atoms with Crippen LogP contribution >= 0.6 is 0 Å². The molecule has 8 nitrogen and oxygen atoms in total. The Hall–Kier alpha value is -2.51. The summed E-state index contributed by atoms with van der Waals surface area (Å²) in [6, 6.07) is 1.99. The van der Waals surface area contributed by atoms with Crippen molar-refractivity contribution < 1.29 is 19.5 Å². The average Bonchev–Trinajstić information content (AvgIpc) is 2.58. The number of aromatic nitrogens is 2. The highest BCUT2D eigenvalue weighted by Crippen LogP contribution is 2.15. The highest BCUT2D eigenvalue weighted by atomic mass is 16.4. The highest BCUT2D eigenvalue weighted by molar-refractivity contribution is 6.06. The summed E-state index contributed by atoms with van der Waals surface area (Å²) in [6.07, 6.45) is 0.0533. The number of carbonyl (C=O) groups is 3. The summed E-state index contributed by atoms with van der Waals surface area (Å²) >= 11 is 0. The standard InChI is InChI=1S/C10H10N4O4/c1-14-8(15)4-6(9(14)16)11-7-3-2-5(10(17)18)12-13-7/h2-3,6H,4H2,1H3,(H,11,13)(H,17,18). The van der Waals surface area contributed by atoms with E-state index in [9.17, 15) is 14.4 Å². The first-order valence-corrected chi connectivity index (χ1v) is 5.13. The van der Waals surface area contributed by atoms with Crippen molar-refractivity contribution in [2.45, 2.75) is 12.5 Å². The van der Waals surface area contributed by atoms with Gasteiger partial charge in [-0.15, -0.1) is 10.2 Å². The minimum absolute atomic E-state index is 0.0533. The van der Waals surface area contributed by atoms with Gasteiger partial charge in [-0.05, 0) is 12.1 Å². The summed E-state index contributed by atoms with van der Waals surface area (Å²) in [5.41, 5.74) is -0.188. The lowest BCUT2D eigenvalue weighted by atomic mass is 10.2. The van der Waals surface area contributed by atoms with Crippen LogP contribution in [0.3, 0.4) is 0 Å². The molecule has 1 aliphatic rings. The van der Waals surface area contributed by atoms with Gasteiger partial charge in [-0.1, -0.05) is 0 Å². The number of anilines is 1. The van der Waals surface area contributed by atoms with Crippen molar-refractivity contribution in [3.05, 3.63) is 17.8 Å². The fourth-order valence-corrected chi connectivity index (χ4v) is 1.57. The Morgan fingerprint density at radius 1 is 1.44 bits per heavy atom. The van der Waals surface area contributed by atoms with Crippen LogP contribution in [-0.2, 0) is 9.59 Å². The molecule has 1 atom stereocenters. The number of amides is 2. The molecule has 1 saturated heterocycles. The summed E-state index contributed by atoms with van der Waals surface area (Å²) in [5, 5.41) is 18.5. The fraction of sp³-hybridized carbons (Fsp3) is 0.300. The molecule has 18 heavy (non-hydrogen) atoms. The smallest absolute Gasteiger partial charge is 0.356 e. The van der Waals surface area contributed by atoms with Gasteiger partial charge in [-0.25, -0.2) is 4.79 Å². The first-order valence-electron chi connectivity index (χ1n) is 5.13. The number of nitrogens with one attached hydrogen (secondary N) is 1. The second kappa shape index (κ2) is 4.40. The van der Waals surface area contributed by atoms with E-state index in [0.717, 1.165) is 4.90 Å². The molecule has 94 valence electrons. The third-order valence-corrected chi connectivity index (χ3v) is 2.59. The number of carboxylic acids is 1. The molecule has 0 radical (unpaired) electrons. The van der Waals surface area contributed by atoms with Gasteiger partial charge in [0.2, 0.25) is 5.91 Å². The molecule has 2 amide bonds. The molecule has 0 saturated carbocycles. The number of hydrogen-bond donors (Lipinski definition) is 2. The molecule has 1 aliphatic heterocycles. The Kier molecular flexibility index (Phi) is 2.92. The molecular weight excluding hydrogens is 240 g/mol. The van der Waals surface area contributed by atoms with E-state index < -0.39 is 12.0 Å². The van der Waals surface area contributed by atoms with E-state index in [4.69, 9.17) is 5.11 Å². The molecule has 0 bridgehead atoms. The minimum Gasteiger partial charge on any atom is -0.476 e. The van der Waals surface area contributed by atoms with Crippen LogP contribution in [0, 0.1) is 0 Å². The van der Waals surface area contributed by atoms with Crippen LogP contribution in [0.4, 0.5) is 5.82 Å². The minimum atomic E-state index is -1.18. The molecule has 1 unspecified atom stereocenters. The number of rotatable bonds is 3. The van der Waals surface area contributed by atoms with Crippen LogP contribution in [-0.4, -0.2) is 51.1 Å². The predicted octanol–water partition coefficient (Wildman–Crippen LogP) is -0.656. The Balaban J connectivity index is 2.08. The number of carbonyl (C=O) groups excluding carboxylic acids is 2. The van der Waals surface area contributed by atoms with E-state index in [0.29, 0.717) is 0 Å². The Labute approximate surface area is 102 Å². The normalized spacial score (nSPS) is 19.2.